The van der Waals surface area contributed by atoms with Gasteiger partial charge in [-0.1, -0.05) is 0 Å². The predicted octanol–water partition coefficient (Wildman–Crippen LogP) is 0.857. The molecule has 0 aliphatic heterocycles. The van der Waals surface area contributed by atoms with Gasteiger partial charge in [0.1, 0.15) is 0 Å². The molecule has 0 aromatic carbocycles. The fourth-order valence-corrected chi connectivity index (χ4v) is 0.390. The normalized spacial score (nSPS) is 8.09. The predicted molar refractivity (Wildman–Crippen MR) is 40.9 cm³/mol. The Morgan fingerprint density at radius 2 is 2.55 bits per heavy atom. The van der Waals surface area contributed by atoms with Gasteiger partial charge in [-0.3, -0.25) is 0 Å². The molecule has 0 radical (unpaired) electrons. The molecule has 0 fully saturated rings. The van der Waals surface area contributed by atoms with Gasteiger partial charge >= 0.3 is 5.97 Å². The SMILES string of the molecule is O=C(O)CON=C=CCCCl. The van der Waals surface area contributed by atoms with E-state index >= 15 is 0 Å². The minimum atomic E-state index is -1.06. The smallest absolute Gasteiger partial charge is 0.344 e. The Balaban J connectivity index is 3.36. The van der Waals surface area contributed by atoms with Gasteiger partial charge in [0.15, 0.2) is 0 Å². The molecule has 0 unspecified atom stereocenters. The monoisotopic (exact) mass is 177 g/mol. The fourth-order valence-electron chi connectivity index (χ4n) is 0.281. The number of alkyl halides is 1. The van der Waals surface area contributed by atoms with Crippen molar-refractivity contribution in [3.05, 3.63) is 6.08 Å². The topological polar surface area (TPSA) is 58.9 Å². The molecule has 4 nitrogen and oxygen atoms in total. The third-order valence-electron chi connectivity index (χ3n) is 0.650. The van der Waals surface area contributed by atoms with Crippen LogP contribution in [0, 0.1) is 0 Å². The van der Waals surface area contributed by atoms with E-state index in [1.54, 1.807) is 6.08 Å². The Hall–Kier alpha value is -0.990. The van der Waals surface area contributed by atoms with Gasteiger partial charge in [-0.2, -0.15) is 0 Å². The maximum Gasteiger partial charge on any atom is 0.344 e. The highest BCUT2D eigenvalue weighted by molar-refractivity contribution is 6.17. The van der Waals surface area contributed by atoms with Gasteiger partial charge in [0.2, 0.25) is 6.61 Å². The van der Waals surface area contributed by atoms with Crippen molar-refractivity contribution < 1.29 is 14.7 Å². The van der Waals surface area contributed by atoms with Crippen molar-refractivity contribution in [1.82, 2.24) is 0 Å². The van der Waals surface area contributed by atoms with E-state index in [-0.39, 0.29) is 0 Å². The Labute approximate surface area is 69.1 Å². The summed E-state index contributed by atoms with van der Waals surface area (Å²) in [5.41, 5.74) is 0. The fraction of sp³-hybridized carbons (Fsp3) is 0.500. The lowest BCUT2D eigenvalue weighted by Crippen LogP contribution is -2.02. The van der Waals surface area contributed by atoms with Crippen LogP contribution in [0.4, 0.5) is 0 Å². The number of carbonyl (C=O) groups is 1. The maximum atomic E-state index is 9.84. The van der Waals surface area contributed by atoms with E-state index in [4.69, 9.17) is 16.7 Å². The number of carboxylic acid groups (broad SMARTS) is 1. The molecule has 0 saturated carbocycles. The Bertz CT molecular complexity index is 175. The number of carboxylic acids is 1. The van der Waals surface area contributed by atoms with E-state index in [2.05, 4.69) is 15.9 Å². The summed E-state index contributed by atoms with van der Waals surface area (Å²) in [6.07, 6.45) is 2.20. The largest absolute Gasteiger partial charge is 0.479 e. The quantitative estimate of drug-likeness (QED) is 0.385. The second kappa shape index (κ2) is 7.12. The zero-order chi connectivity index (χ0) is 8.53. The number of hydrogen-bond acceptors (Lipinski definition) is 3. The summed E-state index contributed by atoms with van der Waals surface area (Å²) in [7, 11) is 0. The lowest BCUT2D eigenvalue weighted by molar-refractivity contribution is -0.142. The van der Waals surface area contributed by atoms with Crippen LogP contribution in [0.25, 0.3) is 0 Å². The highest BCUT2D eigenvalue weighted by Crippen LogP contribution is 1.81. The minimum Gasteiger partial charge on any atom is -0.479 e. The standard InChI is InChI=1S/C6H8ClNO3/c7-3-1-2-4-8-11-5-6(9)10/h2H,1,3,5H2,(H,9,10). The molecular formula is C6H8ClNO3. The number of rotatable bonds is 5. The van der Waals surface area contributed by atoms with Crippen molar-refractivity contribution in [3.63, 3.8) is 0 Å². The molecule has 0 aliphatic carbocycles. The zero-order valence-electron chi connectivity index (χ0n) is 5.79. The molecule has 62 valence electrons. The summed E-state index contributed by atoms with van der Waals surface area (Å²) in [5, 5.41) is 11.3. The molecule has 0 saturated heterocycles. The van der Waals surface area contributed by atoms with E-state index in [0.717, 1.165) is 0 Å². The zero-order valence-corrected chi connectivity index (χ0v) is 6.54. The minimum absolute atomic E-state index is 0.443. The van der Waals surface area contributed by atoms with Gasteiger partial charge in [-0.25, -0.2) is 4.79 Å². The average molecular weight is 178 g/mol. The number of nitrogens with zero attached hydrogens (tertiary/aromatic N) is 1. The average Bonchev–Trinajstić information content (AvgIpc) is 1.96. The number of halogens is 1. The molecule has 0 aliphatic rings. The van der Waals surface area contributed by atoms with E-state index in [9.17, 15) is 4.79 Å². The molecule has 0 heterocycles. The third-order valence-corrected chi connectivity index (χ3v) is 0.868. The molecule has 0 aromatic heterocycles. The van der Waals surface area contributed by atoms with Crippen molar-refractivity contribution in [1.29, 1.82) is 0 Å². The van der Waals surface area contributed by atoms with Crippen LogP contribution in [0.1, 0.15) is 6.42 Å². The summed E-state index contributed by atoms with van der Waals surface area (Å²) in [5.74, 6) is 1.80. The van der Waals surface area contributed by atoms with Gasteiger partial charge in [0.25, 0.3) is 0 Å². The summed E-state index contributed by atoms with van der Waals surface area (Å²) < 4.78 is 0. The van der Waals surface area contributed by atoms with Crippen LogP contribution in [0.15, 0.2) is 11.2 Å². The van der Waals surface area contributed by atoms with Gasteiger partial charge in [0, 0.05) is 11.7 Å². The van der Waals surface area contributed by atoms with Crippen molar-refractivity contribution in [2.75, 3.05) is 12.5 Å². The Morgan fingerprint density at radius 3 is 3.09 bits per heavy atom. The first-order valence-electron chi connectivity index (χ1n) is 2.94. The van der Waals surface area contributed by atoms with Gasteiger partial charge in [0.05, 0.1) is 0 Å². The molecule has 11 heavy (non-hydrogen) atoms. The van der Waals surface area contributed by atoms with Gasteiger partial charge in [-0.05, 0) is 17.7 Å². The van der Waals surface area contributed by atoms with Crippen molar-refractivity contribution in [2.24, 2.45) is 5.16 Å². The molecule has 0 amide bonds. The maximum absolute atomic E-state index is 9.84. The summed E-state index contributed by atoms with van der Waals surface area (Å²) in [4.78, 5) is 14.1. The molecule has 5 heteroatoms. The molecule has 0 bridgehead atoms. The molecule has 1 N–H and O–H groups in total. The first kappa shape index (κ1) is 10.0. The number of aliphatic carboxylic acids is 1. The molecule has 0 spiro atoms. The molecule has 0 aromatic rings. The van der Waals surface area contributed by atoms with Crippen LogP contribution in [0.5, 0.6) is 0 Å². The van der Waals surface area contributed by atoms with Crippen LogP contribution in [0.2, 0.25) is 0 Å². The second-order valence-electron chi connectivity index (χ2n) is 1.57. The highest BCUT2D eigenvalue weighted by Gasteiger charge is 1.91. The third kappa shape index (κ3) is 9.01. The van der Waals surface area contributed by atoms with Gasteiger partial charge < -0.3 is 9.94 Å². The molecule has 0 atom stereocenters. The van der Waals surface area contributed by atoms with Crippen LogP contribution >= 0.6 is 11.6 Å². The van der Waals surface area contributed by atoms with E-state index in [1.165, 1.54) is 0 Å². The Morgan fingerprint density at radius 1 is 1.82 bits per heavy atom. The summed E-state index contributed by atoms with van der Waals surface area (Å²) in [6.45, 7) is -0.443. The highest BCUT2D eigenvalue weighted by atomic mass is 35.5. The van der Waals surface area contributed by atoms with Crippen LogP contribution in [-0.2, 0) is 9.63 Å². The molecular weight excluding hydrogens is 170 g/mol. The number of hydrogen-bond donors (Lipinski definition) is 1. The van der Waals surface area contributed by atoms with Crippen molar-refractivity contribution >= 4 is 23.4 Å². The Kier molecular flexibility index (Phi) is 6.48. The van der Waals surface area contributed by atoms with Crippen LogP contribution < -0.4 is 0 Å². The lowest BCUT2D eigenvalue weighted by Gasteiger charge is -1.87. The van der Waals surface area contributed by atoms with Crippen molar-refractivity contribution in [3.8, 4) is 0 Å². The first-order valence-corrected chi connectivity index (χ1v) is 3.47. The van der Waals surface area contributed by atoms with Crippen molar-refractivity contribution in [2.45, 2.75) is 6.42 Å². The summed E-state index contributed by atoms with van der Waals surface area (Å²) >= 11 is 5.32. The van der Waals surface area contributed by atoms with E-state index < -0.39 is 12.6 Å². The number of allylic oxidation sites excluding steroid dienone is 1. The van der Waals surface area contributed by atoms with Crippen LogP contribution in [0.3, 0.4) is 0 Å². The lowest BCUT2D eigenvalue weighted by atomic mass is 10.5. The van der Waals surface area contributed by atoms with Gasteiger partial charge in [-0.15, -0.1) is 11.6 Å². The first-order chi connectivity index (χ1) is 5.27. The van der Waals surface area contributed by atoms with E-state index in [0.29, 0.717) is 12.3 Å². The molecule has 0 rings (SSSR count). The van der Waals surface area contributed by atoms with Crippen LogP contribution in [-0.4, -0.2) is 29.4 Å². The summed E-state index contributed by atoms with van der Waals surface area (Å²) in [6, 6.07) is 0. The van der Waals surface area contributed by atoms with E-state index in [1.807, 2.05) is 0 Å². The second-order valence-corrected chi connectivity index (χ2v) is 1.95.